The molecule has 1 unspecified atom stereocenters. The molecule has 1 N–H and O–H groups in total. The normalized spacial score (nSPS) is 16.8. The van der Waals surface area contributed by atoms with E-state index in [1.807, 2.05) is 36.4 Å². The molecule has 0 amide bonds. The molecule has 1 saturated heterocycles. The van der Waals surface area contributed by atoms with E-state index in [-0.39, 0.29) is 5.56 Å². The molecule has 0 saturated carbocycles. The summed E-state index contributed by atoms with van der Waals surface area (Å²) >= 11 is 0. The van der Waals surface area contributed by atoms with Crippen LogP contribution < -0.4 is 10.9 Å². The van der Waals surface area contributed by atoms with Crippen LogP contribution in [-0.2, 0) is 6.54 Å². The van der Waals surface area contributed by atoms with Crippen molar-refractivity contribution in [1.82, 2.24) is 20.0 Å². The van der Waals surface area contributed by atoms with Gasteiger partial charge < -0.3 is 5.32 Å². The van der Waals surface area contributed by atoms with Crippen molar-refractivity contribution in [3.8, 4) is 11.3 Å². The van der Waals surface area contributed by atoms with Crippen molar-refractivity contribution in [3.05, 3.63) is 101 Å². The van der Waals surface area contributed by atoms with Crippen LogP contribution in [0.4, 0.5) is 0 Å². The van der Waals surface area contributed by atoms with Crippen LogP contribution in [0.25, 0.3) is 22.0 Å². The number of nitrogens with one attached hydrogen (secondary N) is 1. The number of aromatic nitrogens is 2. The van der Waals surface area contributed by atoms with E-state index in [0.29, 0.717) is 12.6 Å². The highest BCUT2D eigenvalue weighted by molar-refractivity contribution is 5.86. The molecule has 1 atom stereocenters. The summed E-state index contributed by atoms with van der Waals surface area (Å²) < 4.78 is 1.61. The number of hydrogen-bond donors (Lipinski definition) is 1. The molecule has 1 aliphatic heterocycles. The number of piperazine rings is 1. The van der Waals surface area contributed by atoms with Gasteiger partial charge in [-0.15, -0.1) is 0 Å². The molecule has 0 aliphatic carbocycles. The zero-order chi connectivity index (χ0) is 22.5. The van der Waals surface area contributed by atoms with Crippen LogP contribution in [0.15, 0.2) is 89.7 Å². The molecular weight excluding hydrogens is 408 g/mol. The van der Waals surface area contributed by atoms with Gasteiger partial charge in [0, 0.05) is 43.9 Å². The van der Waals surface area contributed by atoms with Gasteiger partial charge in [-0.1, -0.05) is 72.8 Å². The highest BCUT2D eigenvalue weighted by Gasteiger charge is 2.24. The van der Waals surface area contributed by atoms with Crippen LogP contribution in [0.1, 0.15) is 24.4 Å². The number of aryl methyl sites for hydroxylation is 1. The summed E-state index contributed by atoms with van der Waals surface area (Å²) in [6, 6.07) is 29.1. The van der Waals surface area contributed by atoms with Crippen molar-refractivity contribution in [2.75, 3.05) is 26.2 Å². The second kappa shape index (κ2) is 10.1. The molecule has 1 aliphatic rings. The third-order valence-corrected chi connectivity index (χ3v) is 6.54. The van der Waals surface area contributed by atoms with E-state index in [0.717, 1.165) is 50.3 Å². The maximum Gasteiger partial charge on any atom is 0.266 e. The Hall–Kier alpha value is -3.28. The number of nitrogens with zero attached hydrogens (tertiary/aromatic N) is 3. The summed E-state index contributed by atoms with van der Waals surface area (Å²) in [5, 5.41) is 10.8. The molecule has 168 valence electrons. The van der Waals surface area contributed by atoms with E-state index in [1.54, 1.807) is 10.7 Å². The van der Waals surface area contributed by atoms with Crippen molar-refractivity contribution in [2.45, 2.75) is 25.4 Å². The predicted octanol–water partition coefficient (Wildman–Crippen LogP) is 4.49. The topological polar surface area (TPSA) is 50.2 Å². The van der Waals surface area contributed by atoms with Crippen LogP contribution in [-0.4, -0.2) is 40.9 Å². The monoisotopic (exact) mass is 438 g/mol. The molecule has 0 bridgehead atoms. The molecule has 0 radical (unpaired) electrons. The van der Waals surface area contributed by atoms with Crippen LogP contribution in [0.3, 0.4) is 0 Å². The number of rotatable bonds is 7. The summed E-state index contributed by atoms with van der Waals surface area (Å²) in [5.74, 6) is 0. The lowest BCUT2D eigenvalue weighted by atomic mass is 9.96. The predicted molar refractivity (Wildman–Crippen MR) is 134 cm³/mol. The first-order valence-corrected chi connectivity index (χ1v) is 11.9. The van der Waals surface area contributed by atoms with E-state index in [2.05, 4.69) is 57.8 Å². The van der Waals surface area contributed by atoms with Gasteiger partial charge in [0.15, 0.2) is 0 Å². The maximum atomic E-state index is 12.3. The number of unbranched alkanes of at least 4 members (excludes halogenated alkanes) is 1. The maximum absolute atomic E-state index is 12.3. The highest BCUT2D eigenvalue weighted by Crippen LogP contribution is 2.29. The van der Waals surface area contributed by atoms with Crippen LogP contribution in [0, 0.1) is 0 Å². The number of benzene rings is 3. The van der Waals surface area contributed by atoms with Crippen LogP contribution in [0.2, 0.25) is 0 Å². The minimum Gasteiger partial charge on any atom is -0.314 e. The summed E-state index contributed by atoms with van der Waals surface area (Å²) in [4.78, 5) is 14.9. The van der Waals surface area contributed by atoms with Gasteiger partial charge in [-0.05, 0) is 41.8 Å². The lowest BCUT2D eigenvalue weighted by Gasteiger charge is -2.37. The van der Waals surface area contributed by atoms with Gasteiger partial charge in [-0.2, -0.15) is 5.10 Å². The van der Waals surface area contributed by atoms with Gasteiger partial charge in [0.05, 0.1) is 5.69 Å². The first kappa shape index (κ1) is 21.6. The van der Waals surface area contributed by atoms with Crippen LogP contribution >= 0.6 is 0 Å². The summed E-state index contributed by atoms with van der Waals surface area (Å²) in [7, 11) is 0. The van der Waals surface area contributed by atoms with Crippen LogP contribution in [0.5, 0.6) is 0 Å². The van der Waals surface area contributed by atoms with Gasteiger partial charge >= 0.3 is 0 Å². The van der Waals surface area contributed by atoms with Gasteiger partial charge in [-0.25, -0.2) is 4.68 Å². The Kier molecular flexibility index (Phi) is 6.61. The van der Waals surface area contributed by atoms with Crippen molar-refractivity contribution >= 4 is 10.8 Å². The standard InChI is InChI=1S/C28H30N4O/c33-28-16-15-26(23-10-2-1-3-11-23)30-32(28)19-7-6-18-31-20-17-29-21-27(31)25-14-8-12-22-9-4-5-13-24(22)25/h1-5,8-16,27,29H,6-7,17-21H2. The van der Waals surface area contributed by atoms with Gasteiger partial charge in [0.25, 0.3) is 5.56 Å². The van der Waals surface area contributed by atoms with E-state index in [9.17, 15) is 4.79 Å². The van der Waals surface area contributed by atoms with E-state index in [1.165, 1.54) is 16.3 Å². The molecular formula is C28H30N4O. The minimum absolute atomic E-state index is 0.0366. The Balaban J connectivity index is 1.24. The molecule has 1 aromatic heterocycles. The zero-order valence-electron chi connectivity index (χ0n) is 18.9. The molecule has 3 aromatic carbocycles. The van der Waals surface area contributed by atoms with Crippen molar-refractivity contribution in [2.24, 2.45) is 0 Å². The van der Waals surface area contributed by atoms with Crippen molar-refractivity contribution in [3.63, 3.8) is 0 Å². The largest absolute Gasteiger partial charge is 0.314 e. The molecule has 4 aromatic rings. The fraction of sp³-hybridized carbons (Fsp3) is 0.286. The molecule has 5 heteroatoms. The second-order valence-corrected chi connectivity index (χ2v) is 8.68. The number of fused-ring (bicyclic) bond motifs is 1. The fourth-order valence-electron chi connectivity index (χ4n) is 4.81. The molecule has 0 spiro atoms. The molecule has 5 rings (SSSR count). The average molecular weight is 439 g/mol. The smallest absolute Gasteiger partial charge is 0.266 e. The van der Waals surface area contributed by atoms with Crippen molar-refractivity contribution < 1.29 is 0 Å². The number of hydrogen-bond acceptors (Lipinski definition) is 4. The first-order valence-electron chi connectivity index (χ1n) is 11.9. The van der Waals surface area contributed by atoms with E-state index >= 15 is 0 Å². The Morgan fingerprint density at radius 2 is 1.64 bits per heavy atom. The summed E-state index contributed by atoms with van der Waals surface area (Å²) in [5.41, 5.74) is 3.23. The quantitative estimate of drug-likeness (QED) is 0.432. The van der Waals surface area contributed by atoms with Gasteiger partial charge in [-0.3, -0.25) is 9.69 Å². The zero-order valence-corrected chi connectivity index (χ0v) is 18.9. The Labute approximate surface area is 194 Å². The lowest BCUT2D eigenvalue weighted by molar-refractivity contribution is 0.159. The van der Waals surface area contributed by atoms with E-state index in [4.69, 9.17) is 0 Å². The summed E-state index contributed by atoms with van der Waals surface area (Å²) in [6.07, 6.45) is 1.96. The molecule has 5 nitrogen and oxygen atoms in total. The van der Waals surface area contributed by atoms with Crippen molar-refractivity contribution in [1.29, 1.82) is 0 Å². The molecule has 33 heavy (non-hydrogen) atoms. The SMILES string of the molecule is O=c1ccc(-c2ccccc2)nn1CCCCN1CCNCC1c1cccc2ccccc12. The molecule has 1 fully saturated rings. The molecule has 2 heterocycles. The Bertz CT molecular complexity index is 1260. The van der Waals surface area contributed by atoms with Gasteiger partial charge in [0.1, 0.15) is 0 Å². The lowest BCUT2D eigenvalue weighted by Crippen LogP contribution is -2.46. The minimum atomic E-state index is -0.0366. The average Bonchev–Trinajstić information content (AvgIpc) is 2.88. The second-order valence-electron chi connectivity index (χ2n) is 8.68. The Morgan fingerprint density at radius 3 is 2.55 bits per heavy atom. The third kappa shape index (κ3) is 4.90. The van der Waals surface area contributed by atoms with E-state index < -0.39 is 0 Å². The fourth-order valence-corrected chi connectivity index (χ4v) is 4.81. The Morgan fingerprint density at radius 1 is 0.848 bits per heavy atom. The highest BCUT2D eigenvalue weighted by atomic mass is 16.1. The first-order chi connectivity index (χ1) is 16.3. The third-order valence-electron chi connectivity index (χ3n) is 6.54. The van der Waals surface area contributed by atoms with Gasteiger partial charge in [0.2, 0.25) is 0 Å². The summed E-state index contributed by atoms with van der Waals surface area (Å²) in [6.45, 7) is 4.68.